The van der Waals surface area contributed by atoms with E-state index in [-0.39, 0.29) is 12.8 Å². The number of anilines is 1. The van der Waals surface area contributed by atoms with Crippen molar-refractivity contribution in [2.24, 2.45) is 0 Å². The lowest BCUT2D eigenvalue weighted by Crippen LogP contribution is -2.43. The van der Waals surface area contributed by atoms with E-state index in [1.54, 1.807) is 12.0 Å². The van der Waals surface area contributed by atoms with Crippen LogP contribution in [-0.2, 0) is 11.2 Å². The predicted molar refractivity (Wildman–Crippen MR) is 62.5 cm³/mol. The Kier molecular flexibility index (Phi) is 3.41. The zero-order valence-electron chi connectivity index (χ0n) is 9.40. The molecule has 4 nitrogen and oxygen atoms in total. The average molecular weight is 220 g/mol. The number of para-hydroxylation sites is 1. The quantitative estimate of drug-likeness (QED) is 0.771. The Morgan fingerprint density at radius 2 is 2.31 bits per heavy atom. The maximum absolute atomic E-state index is 11.9. The molecule has 0 unspecified atom stereocenters. The number of hydrogen-bond donors (Lipinski definition) is 1. The maximum Gasteiger partial charge on any atom is 0.323 e. The van der Waals surface area contributed by atoms with Crippen LogP contribution in [-0.4, -0.2) is 26.4 Å². The molecule has 1 heterocycles. The second kappa shape index (κ2) is 4.99. The molecule has 1 aliphatic rings. The van der Waals surface area contributed by atoms with E-state index < -0.39 is 0 Å². The molecule has 1 aliphatic heterocycles. The Labute approximate surface area is 95.2 Å². The molecule has 1 N–H and O–H groups in total. The first-order valence-electron chi connectivity index (χ1n) is 5.45. The number of benzene rings is 1. The van der Waals surface area contributed by atoms with Crippen molar-refractivity contribution in [1.82, 2.24) is 5.32 Å². The molecule has 0 radical (unpaired) electrons. The van der Waals surface area contributed by atoms with Gasteiger partial charge in [0.05, 0.1) is 0 Å². The summed E-state index contributed by atoms with van der Waals surface area (Å²) in [5.41, 5.74) is 2.25. The summed E-state index contributed by atoms with van der Waals surface area (Å²) in [6, 6.07) is 7.94. The smallest absolute Gasteiger partial charge is 0.323 e. The Bertz CT molecular complexity index is 379. The molecule has 0 saturated heterocycles. The van der Waals surface area contributed by atoms with Gasteiger partial charge in [0, 0.05) is 19.3 Å². The summed E-state index contributed by atoms with van der Waals surface area (Å²) in [4.78, 5) is 13.6. The molecule has 86 valence electrons. The van der Waals surface area contributed by atoms with E-state index in [1.807, 2.05) is 18.2 Å². The van der Waals surface area contributed by atoms with E-state index in [0.717, 1.165) is 25.1 Å². The van der Waals surface area contributed by atoms with Gasteiger partial charge < -0.3 is 10.1 Å². The number of carbonyl (C=O) groups excluding carboxylic acids is 1. The van der Waals surface area contributed by atoms with E-state index in [2.05, 4.69) is 11.4 Å². The molecule has 0 saturated carbocycles. The molecule has 4 heteroatoms. The number of amides is 2. The second-order valence-corrected chi connectivity index (χ2v) is 3.80. The predicted octanol–water partition coefficient (Wildman–Crippen LogP) is 1.75. The lowest BCUT2D eigenvalue weighted by Gasteiger charge is -2.29. The molecule has 0 aromatic heterocycles. The molecule has 1 aromatic rings. The number of nitrogens with zero attached hydrogens (tertiary/aromatic N) is 1. The maximum atomic E-state index is 11.9. The molecular weight excluding hydrogens is 204 g/mol. The van der Waals surface area contributed by atoms with Crippen LogP contribution < -0.4 is 10.2 Å². The molecule has 2 rings (SSSR count). The van der Waals surface area contributed by atoms with Gasteiger partial charge in [0.15, 0.2) is 0 Å². The Morgan fingerprint density at radius 1 is 1.50 bits per heavy atom. The van der Waals surface area contributed by atoms with Gasteiger partial charge in [-0.2, -0.15) is 0 Å². The molecule has 1 aromatic carbocycles. The van der Waals surface area contributed by atoms with E-state index in [1.165, 1.54) is 5.56 Å². The third-order valence-electron chi connectivity index (χ3n) is 2.72. The largest absolute Gasteiger partial charge is 0.364 e. The van der Waals surface area contributed by atoms with Crippen LogP contribution in [0.1, 0.15) is 12.0 Å². The van der Waals surface area contributed by atoms with Crippen molar-refractivity contribution in [2.45, 2.75) is 12.8 Å². The molecule has 2 amide bonds. The molecule has 0 aliphatic carbocycles. The first-order chi connectivity index (χ1) is 7.83. The summed E-state index contributed by atoms with van der Waals surface area (Å²) in [6.07, 6.45) is 2.06. The fraction of sp³-hybridized carbons (Fsp3) is 0.417. The normalized spacial score (nSPS) is 14.4. The third kappa shape index (κ3) is 2.17. The van der Waals surface area contributed by atoms with Crippen molar-refractivity contribution in [3.63, 3.8) is 0 Å². The highest BCUT2D eigenvalue weighted by molar-refractivity contribution is 5.93. The van der Waals surface area contributed by atoms with E-state index in [0.29, 0.717) is 0 Å². The van der Waals surface area contributed by atoms with Gasteiger partial charge in [0.2, 0.25) is 0 Å². The van der Waals surface area contributed by atoms with Gasteiger partial charge in [0.25, 0.3) is 0 Å². The van der Waals surface area contributed by atoms with Crippen LogP contribution in [0.25, 0.3) is 0 Å². The fourth-order valence-corrected chi connectivity index (χ4v) is 1.97. The van der Waals surface area contributed by atoms with E-state index in [4.69, 9.17) is 4.74 Å². The zero-order valence-corrected chi connectivity index (χ0v) is 9.40. The summed E-state index contributed by atoms with van der Waals surface area (Å²) in [7, 11) is 1.56. The molecule has 0 spiro atoms. The van der Waals surface area contributed by atoms with Crippen LogP contribution >= 0.6 is 0 Å². The number of ether oxygens (including phenoxy) is 1. The number of carbonyl (C=O) groups is 1. The van der Waals surface area contributed by atoms with Gasteiger partial charge in [-0.1, -0.05) is 18.2 Å². The van der Waals surface area contributed by atoms with Gasteiger partial charge in [-0.05, 0) is 24.5 Å². The van der Waals surface area contributed by atoms with Gasteiger partial charge >= 0.3 is 6.03 Å². The van der Waals surface area contributed by atoms with Crippen LogP contribution in [0.2, 0.25) is 0 Å². The lowest BCUT2D eigenvalue weighted by atomic mass is 10.0. The highest BCUT2D eigenvalue weighted by atomic mass is 16.5. The van der Waals surface area contributed by atoms with E-state index in [9.17, 15) is 4.79 Å². The molecule has 0 bridgehead atoms. The van der Waals surface area contributed by atoms with Crippen LogP contribution in [0.3, 0.4) is 0 Å². The first kappa shape index (κ1) is 11.0. The highest BCUT2D eigenvalue weighted by Crippen LogP contribution is 2.26. The zero-order chi connectivity index (χ0) is 11.4. The standard InChI is InChI=1S/C12H16N2O2/c1-16-9-13-12(15)14-8-4-6-10-5-2-3-7-11(10)14/h2-3,5,7H,4,6,8-9H2,1H3,(H,13,15). The van der Waals surface area contributed by atoms with Crippen LogP contribution in [0.5, 0.6) is 0 Å². The van der Waals surface area contributed by atoms with E-state index >= 15 is 0 Å². The topological polar surface area (TPSA) is 41.6 Å². The number of fused-ring (bicyclic) bond motifs is 1. The van der Waals surface area contributed by atoms with Crippen molar-refractivity contribution in [2.75, 3.05) is 25.3 Å². The number of urea groups is 1. The van der Waals surface area contributed by atoms with Gasteiger partial charge in [-0.15, -0.1) is 0 Å². The Morgan fingerprint density at radius 3 is 3.12 bits per heavy atom. The SMILES string of the molecule is COCNC(=O)N1CCCc2ccccc21. The number of nitrogens with one attached hydrogen (secondary N) is 1. The van der Waals surface area contributed by atoms with Crippen molar-refractivity contribution in [3.05, 3.63) is 29.8 Å². The first-order valence-corrected chi connectivity index (χ1v) is 5.45. The third-order valence-corrected chi connectivity index (χ3v) is 2.72. The average Bonchev–Trinajstić information content (AvgIpc) is 2.35. The van der Waals surface area contributed by atoms with Crippen LogP contribution in [0.15, 0.2) is 24.3 Å². The van der Waals surface area contributed by atoms with Crippen LogP contribution in [0.4, 0.5) is 10.5 Å². The Hall–Kier alpha value is -1.55. The highest BCUT2D eigenvalue weighted by Gasteiger charge is 2.21. The summed E-state index contributed by atoms with van der Waals surface area (Å²) in [5, 5.41) is 2.71. The summed E-state index contributed by atoms with van der Waals surface area (Å²) in [5.74, 6) is 0. The minimum atomic E-state index is -0.0889. The fourth-order valence-electron chi connectivity index (χ4n) is 1.97. The second-order valence-electron chi connectivity index (χ2n) is 3.80. The Balaban J connectivity index is 2.15. The number of hydrogen-bond acceptors (Lipinski definition) is 2. The molecule has 0 fully saturated rings. The molecule has 16 heavy (non-hydrogen) atoms. The van der Waals surface area contributed by atoms with Crippen molar-refractivity contribution in [1.29, 1.82) is 0 Å². The monoisotopic (exact) mass is 220 g/mol. The van der Waals surface area contributed by atoms with Gasteiger partial charge in [-0.3, -0.25) is 4.90 Å². The minimum absolute atomic E-state index is 0.0889. The number of rotatable bonds is 2. The van der Waals surface area contributed by atoms with Crippen molar-refractivity contribution in [3.8, 4) is 0 Å². The number of aryl methyl sites for hydroxylation is 1. The van der Waals surface area contributed by atoms with Crippen molar-refractivity contribution >= 4 is 11.7 Å². The summed E-state index contributed by atoms with van der Waals surface area (Å²) in [6.45, 7) is 1.02. The lowest BCUT2D eigenvalue weighted by molar-refractivity contribution is 0.174. The molecular formula is C12H16N2O2. The minimum Gasteiger partial charge on any atom is -0.364 e. The van der Waals surface area contributed by atoms with Crippen molar-refractivity contribution < 1.29 is 9.53 Å². The van der Waals surface area contributed by atoms with Crippen LogP contribution in [0, 0.1) is 0 Å². The van der Waals surface area contributed by atoms with Gasteiger partial charge in [-0.25, -0.2) is 4.79 Å². The van der Waals surface area contributed by atoms with Gasteiger partial charge in [0.1, 0.15) is 6.73 Å². The number of methoxy groups -OCH3 is 1. The summed E-state index contributed by atoms with van der Waals surface area (Å²) >= 11 is 0. The molecule has 0 atom stereocenters. The summed E-state index contributed by atoms with van der Waals surface area (Å²) < 4.78 is 4.83.